The largest absolute Gasteiger partial charge is 0.462 e. The molecule has 0 bridgehead atoms. The first-order chi connectivity index (χ1) is 12.2. The van der Waals surface area contributed by atoms with Crippen molar-refractivity contribution in [3.05, 3.63) is 40.0 Å². The summed E-state index contributed by atoms with van der Waals surface area (Å²) in [6.07, 6.45) is -2.43. The fourth-order valence-electron chi connectivity index (χ4n) is 2.28. The number of nitrogens with zero attached hydrogens (tertiary/aromatic N) is 2. The molecule has 0 aliphatic rings. The molecule has 0 spiro atoms. The number of nitrogen functional groups attached to an aromatic ring is 1. The lowest BCUT2D eigenvalue weighted by atomic mass is 10.1. The van der Waals surface area contributed by atoms with Crippen LogP contribution < -0.4 is 5.73 Å². The Morgan fingerprint density at radius 2 is 2.04 bits per heavy atom. The second-order valence-corrected chi connectivity index (χ2v) is 6.60. The van der Waals surface area contributed by atoms with Gasteiger partial charge in [-0.25, -0.2) is 9.78 Å². The van der Waals surface area contributed by atoms with Gasteiger partial charge in [-0.05, 0) is 19.1 Å². The quantitative estimate of drug-likeness (QED) is 0.638. The molecule has 0 saturated carbocycles. The second kappa shape index (κ2) is 6.73. The number of fused-ring (bicyclic) bond motifs is 1. The first kappa shape index (κ1) is 18.4. The Morgan fingerprint density at radius 1 is 1.31 bits per heavy atom. The summed E-state index contributed by atoms with van der Waals surface area (Å²) in [4.78, 5) is 20.6. The number of anilines is 1. The van der Waals surface area contributed by atoms with Crippen molar-refractivity contribution in [1.82, 2.24) is 9.97 Å². The molecule has 0 aliphatic heterocycles. The highest BCUT2D eigenvalue weighted by molar-refractivity contribution is 7.21. The Kier molecular flexibility index (Phi) is 4.76. The number of thiophene rings is 1. The predicted molar refractivity (Wildman–Crippen MR) is 93.2 cm³/mol. The zero-order valence-electron chi connectivity index (χ0n) is 13.2. The molecule has 3 aromatic rings. The van der Waals surface area contributed by atoms with Crippen molar-refractivity contribution in [1.29, 1.82) is 0 Å². The molecule has 0 radical (unpaired) electrons. The van der Waals surface area contributed by atoms with E-state index in [4.69, 9.17) is 22.1 Å². The van der Waals surface area contributed by atoms with Gasteiger partial charge in [-0.1, -0.05) is 11.6 Å². The molecule has 2 N–H and O–H groups in total. The molecule has 0 saturated heterocycles. The van der Waals surface area contributed by atoms with Crippen molar-refractivity contribution in [3.63, 3.8) is 0 Å². The third-order valence-corrected chi connectivity index (χ3v) is 4.88. The summed E-state index contributed by atoms with van der Waals surface area (Å²) in [5.74, 6) is -0.555. The van der Waals surface area contributed by atoms with Gasteiger partial charge in [-0.2, -0.15) is 13.2 Å². The number of ether oxygens (including phenoxy) is 1. The molecule has 5 nitrogen and oxygen atoms in total. The van der Waals surface area contributed by atoms with Crippen LogP contribution in [0, 0.1) is 0 Å². The van der Waals surface area contributed by atoms with Gasteiger partial charge in [0, 0.05) is 23.3 Å². The molecule has 10 heteroatoms. The molecule has 3 aromatic heterocycles. The highest BCUT2D eigenvalue weighted by Crippen LogP contribution is 2.37. The van der Waals surface area contributed by atoms with Crippen LogP contribution in [0.5, 0.6) is 0 Å². The van der Waals surface area contributed by atoms with Gasteiger partial charge >= 0.3 is 12.1 Å². The molecule has 0 aliphatic carbocycles. The molecule has 3 heterocycles. The van der Waals surface area contributed by atoms with E-state index in [9.17, 15) is 18.0 Å². The Labute approximate surface area is 154 Å². The average Bonchev–Trinajstić information content (AvgIpc) is 2.91. The summed E-state index contributed by atoms with van der Waals surface area (Å²) in [5.41, 5.74) is 5.78. The van der Waals surface area contributed by atoms with E-state index in [0.29, 0.717) is 22.0 Å². The van der Waals surface area contributed by atoms with Gasteiger partial charge in [0.15, 0.2) is 0 Å². The lowest BCUT2D eigenvalue weighted by Gasteiger charge is -2.09. The zero-order valence-corrected chi connectivity index (χ0v) is 14.8. The Hall–Kier alpha value is -2.39. The number of carbonyl (C=O) groups is 1. The fraction of sp³-hybridized carbons (Fsp3) is 0.188. The first-order valence-electron chi connectivity index (χ1n) is 7.30. The normalized spacial score (nSPS) is 11.7. The van der Waals surface area contributed by atoms with E-state index in [1.807, 2.05) is 0 Å². The molecule has 3 rings (SSSR count). The van der Waals surface area contributed by atoms with E-state index in [0.717, 1.165) is 17.4 Å². The van der Waals surface area contributed by atoms with Crippen LogP contribution in [0.25, 0.3) is 21.5 Å². The van der Waals surface area contributed by atoms with Crippen LogP contribution in [0.15, 0.2) is 24.5 Å². The lowest BCUT2D eigenvalue weighted by molar-refractivity contribution is -0.137. The lowest BCUT2D eigenvalue weighted by Crippen LogP contribution is -2.05. The van der Waals surface area contributed by atoms with Gasteiger partial charge in [0.05, 0.1) is 28.6 Å². The number of alkyl halides is 3. The monoisotopic (exact) mass is 401 g/mol. The summed E-state index contributed by atoms with van der Waals surface area (Å²) in [5, 5.41) is 0.314. The van der Waals surface area contributed by atoms with Gasteiger partial charge in [0.25, 0.3) is 0 Å². The Bertz CT molecular complexity index is 1000. The van der Waals surface area contributed by atoms with Gasteiger partial charge in [0.2, 0.25) is 0 Å². The summed E-state index contributed by atoms with van der Waals surface area (Å²) < 4.78 is 43.1. The smallest absolute Gasteiger partial charge is 0.417 e. The Balaban J connectivity index is 2.07. The van der Waals surface area contributed by atoms with E-state index in [2.05, 4.69) is 9.97 Å². The molecule has 0 fully saturated rings. The van der Waals surface area contributed by atoms with Crippen LogP contribution in [0.4, 0.5) is 18.9 Å². The fourth-order valence-corrected chi connectivity index (χ4v) is 3.50. The summed E-state index contributed by atoms with van der Waals surface area (Å²) in [6, 6.07) is 2.38. The topological polar surface area (TPSA) is 78.1 Å². The molecule has 26 heavy (non-hydrogen) atoms. The van der Waals surface area contributed by atoms with Crippen LogP contribution in [-0.4, -0.2) is 22.5 Å². The number of esters is 1. The minimum atomic E-state index is -4.54. The molecular formula is C16H11ClF3N3O2S. The van der Waals surface area contributed by atoms with Crippen LogP contribution in [-0.2, 0) is 10.9 Å². The van der Waals surface area contributed by atoms with E-state index in [1.54, 1.807) is 13.0 Å². The number of hydrogen-bond acceptors (Lipinski definition) is 6. The molecule has 0 unspecified atom stereocenters. The standard InChI is InChI=1S/C16H11ClF3N3O2S/c1-2-25-15(24)13-11(21)9-3-7(5-23-14(9)26-13)12-10(17)4-8(6-22-12)16(18,19)20/h3-6H,2,21H2,1H3. The SMILES string of the molecule is CCOC(=O)c1sc2ncc(-c3ncc(C(F)(F)F)cc3Cl)cc2c1N. The third kappa shape index (κ3) is 3.32. The van der Waals surface area contributed by atoms with Crippen molar-refractivity contribution >= 4 is 44.8 Å². The van der Waals surface area contributed by atoms with E-state index >= 15 is 0 Å². The number of halogens is 4. The number of pyridine rings is 2. The molecule has 0 aromatic carbocycles. The van der Waals surface area contributed by atoms with Crippen LogP contribution in [0.2, 0.25) is 5.02 Å². The van der Waals surface area contributed by atoms with Crippen LogP contribution in [0.3, 0.4) is 0 Å². The van der Waals surface area contributed by atoms with Gasteiger partial charge in [-0.3, -0.25) is 4.98 Å². The second-order valence-electron chi connectivity index (χ2n) is 5.19. The van der Waals surface area contributed by atoms with Crippen LogP contribution >= 0.6 is 22.9 Å². The summed E-state index contributed by atoms with van der Waals surface area (Å²) >= 11 is 7.04. The number of aromatic nitrogens is 2. The number of nitrogens with two attached hydrogens (primary N) is 1. The Morgan fingerprint density at radius 3 is 2.65 bits per heavy atom. The van der Waals surface area contributed by atoms with Gasteiger partial charge in [0.1, 0.15) is 9.71 Å². The number of carbonyl (C=O) groups excluding carboxylic acids is 1. The highest BCUT2D eigenvalue weighted by atomic mass is 35.5. The van der Waals surface area contributed by atoms with Gasteiger partial charge in [-0.15, -0.1) is 11.3 Å². The van der Waals surface area contributed by atoms with E-state index in [-0.39, 0.29) is 27.9 Å². The van der Waals surface area contributed by atoms with Gasteiger partial charge < -0.3 is 10.5 Å². The maximum atomic E-state index is 12.7. The van der Waals surface area contributed by atoms with Crippen molar-refractivity contribution in [3.8, 4) is 11.3 Å². The maximum Gasteiger partial charge on any atom is 0.417 e. The maximum absolute atomic E-state index is 12.7. The highest BCUT2D eigenvalue weighted by Gasteiger charge is 2.31. The summed E-state index contributed by atoms with van der Waals surface area (Å²) in [6.45, 7) is 1.88. The molecular weight excluding hydrogens is 391 g/mol. The molecule has 136 valence electrons. The zero-order chi connectivity index (χ0) is 19.1. The molecule has 0 amide bonds. The molecule has 0 atom stereocenters. The van der Waals surface area contributed by atoms with Crippen LogP contribution in [0.1, 0.15) is 22.2 Å². The van der Waals surface area contributed by atoms with Crippen molar-refractivity contribution in [2.24, 2.45) is 0 Å². The third-order valence-electron chi connectivity index (χ3n) is 3.49. The number of rotatable bonds is 3. The minimum absolute atomic E-state index is 0.136. The van der Waals surface area contributed by atoms with E-state index in [1.165, 1.54) is 6.20 Å². The minimum Gasteiger partial charge on any atom is -0.462 e. The van der Waals surface area contributed by atoms with E-state index < -0.39 is 17.7 Å². The van der Waals surface area contributed by atoms with Crippen molar-refractivity contribution in [2.75, 3.05) is 12.3 Å². The van der Waals surface area contributed by atoms with Crippen molar-refractivity contribution < 1.29 is 22.7 Å². The predicted octanol–water partition coefficient (Wildman–Crippen LogP) is 4.79. The average molecular weight is 402 g/mol. The number of hydrogen-bond donors (Lipinski definition) is 1. The van der Waals surface area contributed by atoms with Crippen molar-refractivity contribution in [2.45, 2.75) is 13.1 Å². The first-order valence-corrected chi connectivity index (χ1v) is 8.50. The summed E-state index contributed by atoms with van der Waals surface area (Å²) in [7, 11) is 0.